The molecule has 0 spiro atoms. The average Bonchev–Trinajstić information content (AvgIpc) is 2.93. The highest BCUT2D eigenvalue weighted by atomic mass is 16.5. The Hall–Kier alpha value is -3.06. The van der Waals surface area contributed by atoms with Crippen molar-refractivity contribution in [3.63, 3.8) is 0 Å². The Labute approximate surface area is 242 Å². The maximum absolute atomic E-state index is 5.75. The van der Waals surface area contributed by atoms with E-state index in [2.05, 4.69) is 147 Å². The van der Waals surface area contributed by atoms with E-state index in [1.807, 2.05) is 6.92 Å². The molecule has 0 aromatic heterocycles. The summed E-state index contributed by atoms with van der Waals surface area (Å²) in [6, 6.07) is 16.8. The first-order valence-electron chi connectivity index (χ1n) is 14.6. The van der Waals surface area contributed by atoms with Gasteiger partial charge >= 0.3 is 0 Å². The van der Waals surface area contributed by atoms with Crippen molar-refractivity contribution in [2.24, 2.45) is 5.92 Å². The lowest BCUT2D eigenvalue weighted by atomic mass is 9.92. The molecule has 3 rings (SSSR count). The first kappa shape index (κ1) is 35.9. The maximum Gasteiger partial charge on any atom is 0.125 e. The van der Waals surface area contributed by atoms with Crippen LogP contribution in [0.25, 0.3) is 0 Å². The smallest absolute Gasteiger partial charge is 0.125 e. The molecule has 0 fully saturated rings. The predicted octanol–water partition coefficient (Wildman–Crippen LogP) is 11.9. The van der Waals surface area contributed by atoms with Gasteiger partial charge in [0.15, 0.2) is 0 Å². The van der Waals surface area contributed by atoms with Crippen molar-refractivity contribution in [2.75, 3.05) is 6.61 Å². The van der Waals surface area contributed by atoms with Crippen molar-refractivity contribution in [3.8, 4) is 5.75 Å². The third-order valence-corrected chi connectivity index (χ3v) is 6.34. The van der Waals surface area contributed by atoms with E-state index < -0.39 is 0 Å². The molecule has 0 saturated carbocycles. The van der Waals surface area contributed by atoms with Crippen LogP contribution in [0.2, 0.25) is 0 Å². The molecule has 0 saturated heterocycles. The maximum atomic E-state index is 5.75. The first-order chi connectivity index (χ1) is 18.6. The normalized spacial score (nSPS) is 14.4. The number of allylic oxidation sites excluding steroid dienone is 7. The van der Waals surface area contributed by atoms with E-state index in [-0.39, 0.29) is 0 Å². The number of para-hydroxylation sites is 1. The van der Waals surface area contributed by atoms with Crippen LogP contribution in [0.15, 0.2) is 109 Å². The van der Waals surface area contributed by atoms with Gasteiger partial charge in [-0.3, -0.25) is 0 Å². The SMILES string of the molecule is C/C=C(/C)COc1c(C)cccc1C.C1=CCC(c2ccccc2)C=C1.C=C(C)CC(CC)C(=C)C.CCC. The highest BCUT2D eigenvalue weighted by molar-refractivity contribution is 5.40. The van der Waals surface area contributed by atoms with Gasteiger partial charge in [0, 0.05) is 5.92 Å². The number of rotatable bonds is 8. The van der Waals surface area contributed by atoms with Gasteiger partial charge in [-0.15, -0.1) is 6.58 Å². The lowest BCUT2D eigenvalue weighted by Gasteiger charge is -2.13. The molecule has 214 valence electrons. The van der Waals surface area contributed by atoms with Crippen LogP contribution < -0.4 is 4.74 Å². The number of hydrogen-bond acceptors (Lipinski definition) is 1. The summed E-state index contributed by atoms with van der Waals surface area (Å²) in [4.78, 5) is 0. The lowest BCUT2D eigenvalue weighted by Crippen LogP contribution is -2.01. The van der Waals surface area contributed by atoms with Gasteiger partial charge in [0.05, 0.1) is 0 Å². The number of ether oxygens (including phenoxy) is 1. The second-order valence-corrected chi connectivity index (χ2v) is 10.5. The second-order valence-electron chi connectivity index (χ2n) is 10.5. The molecule has 1 aliphatic carbocycles. The monoisotopic (exact) mass is 528 g/mol. The zero-order valence-electron chi connectivity index (χ0n) is 26.5. The number of aryl methyl sites for hydroxylation is 2. The molecule has 1 nitrogen and oxygen atoms in total. The Morgan fingerprint density at radius 3 is 1.92 bits per heavy atom. The third kappa shape index (κ3) is 16.5. The Morgan fingerprint density at radius 2 is 1.51 bits per heavy atom. The largest absolute Gasteiger partial charge is 0.489 e. The van der Waals surface area contributed by atoms with Gasteiger partial charge < -0.3 is 4.74 Å². The summed E-state index contributed by atoms with van der Waals surface area (Å²) in [5.74, 6) is 2.27. The van der Waals surface area contributed by atoms with Crippen LogP contribution >= 0.6 is 0 Å². The van der Waals surface area contributed by atoms with E-state index in [1.165, 1.54) is 46.3 Å². The number of benzene rings is 2. The Bertz CT molecular complexity index is 1020. The molecule has 39 heavy (non-hydrogen) atoms. The summed E-state index contributed by atoms with van der Waals surface area (Å²) in [6.07, 6.45) is 15.5. The predicted molar refractivity (Wildman–Crippen MR) is 177 cm³/mol. The van der Waals surface area contributed by atoms with Gasteiger partial charge in [-0.05, 0) is 89.0 Å². The Balaban J connectivity index is 0.000000535. The summed E-state index contributed by atoms with van der Waals surface area (Å²) >= 11 is 0. The molecular formula is C38H56O. The molecule has 0 N–H and O–H groups in total. The number of hydrogen-bond donors (Lipinski definition) is 0. The van der Waals surface area contributed by atoms with Gasteiger partial charge in [0.25, 0.3) is 0 Å². The first-order valence-corrected chi connectivity index (χ1v) is 14.6. The summed E-state index contributed by atoms with van der Waals surface area (Å²) in [5, 5.41) is 0. The van der Waals surface area contributed by atoms with Crippen LogP contribution in [0.1, 0.15) is 96.8 Å². The molecule has 0 amide bonds. The quantitative estimate of drug-likeness (QED) is 0.310. The molecule has 1 aliphatic rings. The van der Waals surface area contributed by atoms with Crippen molar-refractivity contribution in [1.29, 1.82) is 0 Å². The third-order valence-electron chi connectivity index (χ3n) is 6.34. The van der Waals surface area contributed by atoms with E-state index in [0.29, 0.717) is 18.4 Å². The van der Waals surface area contributed by atoms with Crippen LogP contribution in [0, 0.1) is 19.8 Å². The van der Waals surface area contributed by atoms with Gasteiger partial charge in [-0.25, -0.2) is 0 Å². The fraction of sp³-hybridized carbons (Fsp3) is 0.421. The highest BCUT2D eigenvalue weighted by Crippen LogP contribution is 2.24. The summed E-state index contributed by atoms with van der Waals surface area (Å²) < 4.78 is 5.75. The van der Waals surface area contributed by atoms with Gasteiger partial charge in [0.2, 0.25) is 0 Å². The topological polar surface area (TPSA) is 9.23 Å². The van der Waals surface area contributed by atoms with Crippen molar-refractivity contribution in [3.05, 3.63) is 125 Å². The van der Waals surface area contributed by atoms with E-state index in [9.17, 15) is 0 Å². The molecule has 1 heteroatoms. The molecule has 2 aromatic carbocycles. The van der Waals surface area contributed by atoms with Crippen molar-refractivity contribution in [2.45, 2.75) is 93.9 Å². The molecule has 2 atom stereocenters. The second kappa shape index (κ2) is 21.8. The summed E-state index contributed by atoms with van der Waals surface area (Å²) in [7, 11) is 0. The minimum Gasteiger partial charge on any atom is -0.489 e. The van der Waals surface area contributed by atoms with Crippen molar-refractivity contribution >= 4 is 0 Å². The zero-order valence-corrected chi connectivity index (χ0v) is 26.5. The van der Waals surface area contributed by atoms with E-state index >= 15 is 0 Å². The minimum absolute atomic E-state index is 0.594. The van der Waals surface area contributed by atoms with Crippen LogP contribution in [0.4, 0.5) is 0 Å². The standard InChI is InChI=1S/C13H18O.C12H12.C10H18.C3H8/c1-5-10(2)9-14-13-11(3)7-6-8-12(13)4;1-3-7-11(8-4-1)12-9-5-2-6-10-12;1-6-10(9(4)5)7-8(2)3;1-3-2/h5-8H,9H2,1-4H3;1-9,12H,10H2;10H,2,4,6-7H2,1,3,5H3;3H2,1-2H3/b10-5-;;;. The van der Waals surface area contributed by atoms with Crippen LogP contribution in [-0.2, 0) is 0 Å². The van der Waals surface area contributed by atoms with E-state index in [4.69, 9.17) is 4.74 Å². The van der Waals surface area contributed by atoms with Crippen LogP contribution in [-0.4, -0.2) is 6.61 Å². The molecule has 0 bridgehead atoms. The molecule has 0 heterocycles. The lowest BCUT2D eigenvalue weighted by molar-refractivity contribution is 0.347. The molecule has 0 radical (unpaired) electrons. The van der Waals surface area contributed by atoms with Crippen LogP contribution in [0.5, 0.6) is 5.75 Å². The van der Waals surface area contributed by atoms with E-state index in [1.54, 1.807) is 0 Å². The average molecular weight is 529 g/mol. The molecule has 2 unspecified atom stereocenters. The minimum atomic E-state index is 0.594. The van der Waals surface area contributed by atoms with Crippen molar-refractivity contribution in [1.82, 2.24) is 0 Å². The van der Waals surface area contributed by atoms with Gasteiger partial charge in [-0.2, -0.15) is 0 Å². The van der Waals surface area contributed by atoms with E-state index in [0.717, 1.165) is 18.6 Å². The zero-order chi connectivity index (χ0) is 29.6. The molecule has 2 aromatic rings. The summed E-state index contributed by atoms with van der Waals surface area (Å²) in [6.45, 7) is 27.4. The van der Waals surface area contributed by atoms with Crippen LogP contribution in [0.3, 0.4) is 0 Å². The van der Waals surface area contributed by atoms with Crippen molar-refractivity contribution < 1.29 is 4.74 Å². The Kier molecular flexibility index (Phi) is 20.1. The molecular weight excluding hydrogens is 472 g/mol. The Morgan fingerprint density at radius 1 is 0.923 bits per heavy atom. The highest BCUT2D eigenvalue weighted by Gasteiger charge is 2.07. The summed E-state index contributed by atoms with van der Waals surface area (Å²) in [5.41, 5.74) is 7.62. The fourth-order valence-electron chi connectivity index (χ4n) is 3.91. The van der Waals surface area contributed by atoms with Gasteiger partial charge in [-0.1, -0.05) is 124 Å². The molecule has 0 aliphatic heterocycles. The van der Waals surface area contributed by atoms with Gasteiger partial charge in [0.1, 0.15) is 12.4 Å². The fourth-order valence-corrected chi connectivity index (χ4v) is 3.91.